The van der Waals surface area contributed by atoms with Gasteiger partial charge in [0, 0.05) is 25.3 Å². The van der Waals surface area contributed by atoms with Crippen LogP contribution in [-0.4, -0.2) is 40.1 Å². The van der Waals surface area contributed by atoms with Crippen molar-refractivity contribution in [3.8, 4) is 0 Å². The Kier molecular flexibility index (Phi) is 10.3. The lowest BCUT2D eigenvalue weighted by Crippen LogP contribution is -2.47. The van der Waals surface area contributed by atoms with Crippen LogP contribution in [0.25, 0.3) is 0 Å². The maximum atomic E-state index is 12.6. The second kappa shape index (κ2) is 13.4. The number of carbonyl (C=O) groups excluding carboxylic acids is 1. The fraction of sp³-hybridized carbons (Fsp3) is 0.467. The number of esters is 1. The summed E-state index contributed by atoms with van der Waals surface area (Å²) < 4.78 is 11.9. The molecule has 0 radical (unpaired) electrons. The molecule has 2 aliphatic heterocycles. The molecule has 194 valence electrons. The molecule has 3 rings (SSSR count). The SMILES string of the molecule is C/C(=C\Cc1ccccc1)CC[C@@]1(O)C[C@H]2C[C@@H](C/C(C)=C/C/C=C/C/C(CC(=O)O)=C\C(=O)O2)O1. The summed E-state index contributed by atoms with van der Waals surface area (Å²) in [5.74, 6) is -2.97. The van der Waals surface area contributed by atoms with Crippen LogP contribution in [0.3, 0.4) is 0 Å². The molecule has 3 atom stereocenters. The first-order valence-corrected chi connectivity index (χ1v) is 12.7. The summed E-state index contributed by atoms with van der Waals surface area (Å²) in [7, 11) is 0. The van der Waals surface area contributed by atoms with Crippen LogP contribution in [0.15, 0.2) is 77.4 Å². The summed E-state index contributed by atoms with van der Waals surface area (Å²) in [6.07, 6.45) is 12.7. The maximum Gasteiger partial charge on any atom is 0.331 e. The first-order valence-electron chi connectivity index (χ1n) is 12.7. The van der Waals surface area contributed by atoms with Gasteiger partial charge in [-0.15, -0.1) is 0 Å². The molecular weight excluding hydrogens is 456 g/mol. The Morgan fingerprint density at radius 1 is 1.19 bits per heavy atom. The Balaban J connectivity index is 1.72. The Labute approximate surface area is 214 Å². The number of hydrogen-bond acceptors (Lipinski definition) is 5. The number of allylic oxidation sites excluding steroid dienone is 5. The van der Waals surface area contributed by atoms with Gasteiger partial charge in [0.15, 0.2) is 5.79 Å². The summed E-state index contributed by atoms with van der Waals surface area (Å²) in [6.45, 7) is 4.09. The van der Waals surface area contributed by atoms with E-state index in [0.29, 0.717) is 44.1 Å². The molecule has 0 aromatic heterocycles. The molecule has 1 aromatic rings. The Morgan fingerprint density at radius 2 is 1.97 bits per heavy atom. The third-order valence-electron chi connectivity index (χ3n) is 6.58. The van der Waals surface area contributed by atoms with Crippen molar-refractivity contribution in [3.05, 3.63) is 83.0 Å². The molecule has 0 aliphatic carbocycles. The molecule has 0 unspecified atom stereocenters. The molecule has 36 heavy (non-hydrogen) atoms. The third-order valence-corrected chi connectivity index (χ3v) is 6.58. The lowest BCUT2D eigenvalue weighted by molar-refractivity contribution is -0.275. The van der Waals surface area contributed by atoms with Crippen LogP contribution < -0.4 is 0 Å². The Morgan fingerprint density at radius 3 is 2.72 bits per heavy atom. The number of carbonyl (C=O) groups is 2. The monoisotopic (exact) mass is 494 g/mol. The highest BCUT2D eigenvalue weighted by molar-refractivity contribution is 5.84. The minimum absolute atomic E-state index is 0.186. The topological polar surface area (TPSA) is 93.1 Å². The van der Waals surface area contributed by atoms with E-state index < -0.39 is 23.8 Å². The number of carboxylic acid groups (broad SMARTS) is 1. The van der Waals surface area contributed by atoms with Gasteiger partial charge in [0.25, 0.3) is 0 Å². The summed E-state index contributed by atoms with van der Waals surface area (Å²) in [5.41, 5.74) is 4.02. The standard InChI is InChI=1S/C30H38O6/c1-22(13-14-24-10-6-4-7-11-24)15-16-30(34)21-27-20-26(36-30)17-23(2)9-5-3-8-12-25(18-28(31)32)19-29(33)35-27/h3-4,6-11,13,19,26-27,34H,5,12,14-18,20-21H2,1-2H3,(H,31,32)/b8-3+,22-13+,23-9+,25-19+/t26-,27-,30+/m1/s1. The van der Waals surface area contributed by atoms with E-state index in [0.717, 1.165) is 17.6 Å². The van der Waals surface area contributed by atoms with E-state index in [1.807, 2.05) is 37.3 Å². The Hall–Kier alpha value is -2.96. The molecule has 0 saturated carbocycles. The zero-order valence-electron chi connectivity index (χ0n) is 21.3. The number of rotatable bonds is 7. The van der Waals surface area contributed by atoms with E-state index in [1.165, 1.54) is 11.6 Å². The van der Waals surface area contributed by atoms with E-state index in [4.69, 9.17) is 9.47 Å². The molecule has 2 bridgehead atoms. The minimum Gasteiger partial charge on any atom is -0.481 e. The van der Waals surface area contributed by atoms with Gasteiger partial charge >= 0.3 is 11.9 Å². The predicted octanol–water partition coefficient (Wildman–Crippen LogP) is 5.82. The van der Waals surface area contributed by atoms with Crippen molar-refractivity contribution < 1.29 is 29.3 Å². The molecule has 1 aromatic carbocycles. The number of benzene rings is 1. The van der Waals surface area contributed by atoms with Gasteiger partial charge in [-0.1, -0.05) is 65.8 Å². The van der Waals surface area contributed by atoms with Gasteiger partial charge in [0.2, 0.25) is 0 Å². The Bertz CT molecular complexity index is 1020. The van der Waals surface area contributed by atoms with Crippen molar-refractivity contribution in [1.82, 2.24) is 0 Å². The number of fused-ring (bicyclic) bond motifs is 2. The molecular formula is C30H38O6. The van der Waals surface area contributed by atoms with Crippen molar-refractivity contribution in [1.29, 1.82) is 0 Å². The van der Waals surface area contributed by atoms with Crippen molar-refractivity contribution in [2.24, 2.45) is 0 Å². The first kappa shape index (κ1) is 27.6. The number of ether oxygens (including phenoxy) is 2. The number of aliphatic carboxylic acids is 1. The molecule has 1 fully saturated rings. The molecule has 0 spiro atoms. The fourth-order valence-corrected chi connectivity index (χ4v) is 4.70. The first-order chi connectivity index (χ1) is 17.2. The lowest BCUT2D eigenvalue weighted by Gasteiger charge is -2.41. The van der Waals surface area contributed by atoms with E-state index >= 15 is 0 Å². The highest BCUT2D eigenvalue weighted by Crippen LogP contribution is 2.35. The number of hydrogen-bond donors (Lipinski definition) is 2. The van der Waals surface area contributed by atoms with Gasteiger partial charge in [-0.05, 0) is 57.1 Å². The fourth-order valence-electron chi connectivity index (χ4n) is 4.70. The average Bonchev–Trinajstić information content (AvgIpc) is 2.80. The van der Waals surface area contributed by atoms with E-state index in [2.05, 4.69) is 31.2 Å². The molecule has 0 amide bonds. The zero-order chi connectivity index (χ0) is 26.0. The lowest BCUT2D eigenvalue weighted by atomic mass is 9.91. The van der Waals surface area contributed by atoms with Gasteiger partial charge < -0.3 is 19.7 Å². The van der Waals surface area contributed by atoms with Crippen molar-refractivity contribution in [3.63, 3.8) is 0 Å². The summed E-state index contributed by atoms with van der Waals surface area (Å²) in [6, 6.07) is 10.2. The smallest absolute Gasteiger partial charge is 0.331 e. The molecule has 1 saturated heterocycles. The van der Waals surface area contributed by atoms with Crippen molar-refractivity contribution in [2.75, 3.05) is 0 Å². The predicted molar refractivity (Wildman–Crippen MR) is 139 cm³/mol. The van der Waals surface area contributed by atoms with Crippen LogP contribution in [0.2, 0.25) is 0 Å². The quantitative estimate of drug-likeness (QED) is 0.366. The van der Waals surface area contributed by atoms with Gasteiger partial charge in [-0.25, -0.2) is 4.79 Å². The molecule has 2 N–H and O–H groups in total. The molecule has 2 heterocycles. The van der Waals surface area contributed by atoms with Crippen LogP contribution >= 0.6 is 0 Å². The molecule has 6 nitrogen and oxygen atoms in total. The summed E-state index contributed by atoms with van der Waals surface area (Å²) in [4.78, 5) is 23.9. The summed E-state index contributed by atoms with van der Waals surface area (Å²) >= 11 is 0. The van der Waals surface area contributed by atoms with E-state index in [1.54, 1.807) is 0 Å². The average molecular weight is 495 g/mol. The van der Waals surface area contributed by atoms with Gasteiger partial charge in [-0.2, -0.15) is 0 Å². The van der Waals surface area contributed by atoms with Gasteiger partial charge in [0.05, 0.1) is 12.5 Å². The normalized spacial score (nSPS) is 29.6. The largest absolute Gasteiger partial charge is 0.481 e. The zero-order valence-corrected chi connectivity index (χ0v) is 21.3. The molecule has 2 aliphatic rings. The third kappa shape index (κ3) is 9.59. The number of carboxylic acids is 1. The maximum absolute atomic E-state index is 12.6. The van der Waals surface area contributed by atoms with Crippen molar-refractivity contribution in [2.45, 2.75) is 89.6 Å². The highest BCUT2D eigenvalue weighted by atomic mass is 16.6. The van der Waals surface area contributed by atoms with E-state index in [-0.39, 0.29) is 18.9 Å². The van der Waals surface area contributed by atoms with Crippen molar-refractivity contribution >= 4 is 11.9 Å². The number of aliphatic hydroxyl groups is 1. The second-order valence-electron chi connectivity index (χ2n) is 9.96. The second-order valence-corrected chi connectivity index (χ2v) is 9.96. The van der Waals surface area contributed by atoms with Gasteiger partial charge in [-0.3, -0.25) is 4.79 Å². The summed E-state index contributed by atoms with van der Waals surface area (Å²) in [5, 5.41) is 20.6. The van der Waals surface area contributed by atoms with Crippen LogP contribution in [0.5, 0.6) is 0 Å². The van der Waals surface area contributed by atoms with Crippen LogP contribution in [-0.2, 0) is 25.5 Å². The highest BCUT2D eigenvalue weighted by Gasteiger charge is 2.41. The van der Waals surface area contributed by atoms with Crippen LogP contribution in [0.1, 0.15) is 70.8 Å². The minimum atomic E-state index is -1.40. The van der Waals surface area contributed by atoms with Gasteiger partial charge in [0.1, 0.15) is 6.10 Å². The van der Waals surface area contributed by atoms with Crippen LogP contribution in [0, 0.1) is 0 Å². The van der Waals surface area contributed by atoms with Crippen LogP contribution in [0.4, 0.5) is 0 Å². The molecule has 6 heteroatoms. The van der Waals surface area contributed by atoms with E-state index in [9.17, 15) is 19.8 Å².